The summed E-state index contributed by atoms with van der Waals surface area (Å²) >= 11 is 0. The molecular weight excluding hydrogens is 423 g/mol. The number of esters is 2. The Morgan fingerprint density at radius 1 is 0.879 bits per heavy atom. The largest absolute Gasteiger partial charge is 0.489 e. The zero-order chi connectivity index (χ0) is 24.5. The molecule has 2 aromatic carbocycles. The van der Waals surface area contributed by atoms with Crippen molar-refractivity contribution < 1.29 is 28.2 Å². The molecule has 0 fully saturated rings. The van der Waals surface area contributed by atoms with Gasteiger partial charge in [-0.05, 0) is 49.6 Å². The van der Waals surface area contributed by atoms with Gasteiger partial charge in [-0.25, -0.2) is 14.0 Å². The maximum atomic E-state index is 14.7. The maximum Gasteiger partial charge on any atom is 0.333 e. The third-order valence-corrected chi connectivity index (χ3v) is 4.65. The Hall–Kier alpha value is -3.67. The molecule has 5 nitrogen and oxygen atoms in total. The highest BCUT2D eigenvalue weighted by Gasteiger charge is 2.18. The van der Waals surface area contributed by atoms with Crippen LogP contribution in [0.2, 0.25) is 0 Å². The van der Waals surface area contributed by atoms with E-state index < -0.39 is 23.7 Å². The fourth-order valence-electron chi connectivity index (χ4n) is 2.80. The highest BCUT2D eigenvalue weighted by atomic mass is 19.1. The minimum absolute atomic E-state index is 0.00235. The zero-order valence-corrected chi connectivity index (χ0v) is 19.3. The van der Waals surface area contributed by atoms with Crippen molar-refractivity contribution in [3.63, 3.8) is 0 Å². The molecule has 174 valence electrons. The van der Waals surface area contributed by atoms with Crippen LogP contribution < -0.4 is 4.74 Å². The summed E-state index contributed by atoms with van der Waals surface area (Å²) in [4.78, 5) is 23.6. The molecule has 33 heavy (non-hydrogen) atoms. The number of benzene rings is 2. The molecule has 0 saturated heterocycles. The minimum atomic E-state index is -0.529. The van der Waals surface area contributed by atoms with Gasteiger partial charge in [0.05, 0.1) is 5.92 Å². The van der Waals surface area contributed by atoms with E-state index in [1.165, 1.54) is 6.07 Å². The normalized spacial score (nSPS) is 10.5. The lowest BCUT2D eigenvalue weighted by Gasteiger charge is -2.18. The molecule has 0 aromatic heterocycles. The molecule has 0 unspecified atom stereocenters. The summed E-state index contributed by atoms with van der Waals surface area (Å²) in [6.45, 7) is 16.1. The second kappa shape index (κ2) is 11.8. The number of carbonyl (C=O) groups is 2. The van der Waals surface area contributed by atoms with Crippen molar-refractivity contribution in [1.82, 2.24) is 0 Å². The molecular formula is C27H29FO5. The maximum absolute atomic E-state index is 14.7. The second-order valence-electron chi connectivity index (χ2n) is 7.96. The molecule has 0 radical (unpaired) electrons. The molecule has 0 amide bonds. The average Bonchev–Trinajstić information content (AvgIpc) is 2.77. The smallest absolute Gasteiger partial charge is 0.333 e. The fraction of sp³-hybridized carbons (Fsp3) is 0.259. The van der Waals surface area contributed by atoms with Crippen molar-refractivity contribution in [2.45, 2.75) is 26.7 Å². The molecule has 0 aliphatic carbocycles. The second-order valence-corrected chi connectivity index (χ2v) is 7.96. The van der Waals surface area contributed by atoms with E-state index in [0.29, 0.717) is 23.5 Å². The quantitative estimate of drug-likeness (QED) is 0.246. The van der Waals surface area contributed by atoms with E-state index in [4.69, 9.17) is 14.2 Å². The molecule has 0 spiro atoms. The standard InChI is InChI=1S/C27H29FO5/c1-17(2)14-31-23-11-12-24(25(28)13-23)21-9-7-20(8-10-21)22(15-32-26(29)18(3)4)16-33-27(30)19(5)6/h7-13,22H,1,3,5,14-16H2,2,4,6H3. The molecule has 0 aliphatic rings. The van der Waals surface area contributed by atoms with Crippen LogP contribution in [-0.4, -0.2) is 31.8 Å². The monoisotopic (exact) mass is 452 g/mol. The summed E-state index contributed by atoms with van der Waals surface area (Å²) in [6.07, 6.45) is 0. The fourth-order valence-corrected chi connectivity index (χ4v) is 2.80. The molecule has 0 N–H and O–H groups in total. The lowest BCUT2D eigenvalue weighted by Crippen LogP contribution is -2.20. The van der Waals surface area contributed by atoms with Gasteiger partial charge in [-0.2, -0.15) is 0 Å². The van der Waals surface area contributed by atoms with Gasteiger partial charge in [0.15, 0.2) is 0 Å². The Kier molecular flexibility index (Phi) is 9.16. The van der Waals surface area contributed by atoms with Crippen LogP contribution in [-0.2, 0) is 19.1 Å². The zero-order valence-electron chi connectivity index (χ0n) is 19.3. The summed E-state index contributed by atoms with van der Waals surface area (Å²) in [7, 11) is 0. The van der Waals surface area contributed by atoms with Crippen molar-refractivity contribution in [3.05, 3.63) is 90.3 Å². The van der Waals surface area contributed by atoms with Crippen LogP contribution in [0.3, 0.4) is 0 Å². The number of ether oxygens (including phenoxy) is 3. The van der Waals surface area contributed by atoms with E-state index in [2.05, 4.69) is 19.7 Å². The van der Waals surface area contributed by atoms with E-state index in [-0.39, 0.29) is 24.4 Å². The Balaban J connectivity index is 2.19. The average molecular weight is 453 g/mol. The van der Waals surface area contributed by atoms with Gasteiger partial charge in [-0.1, -0.05) is 44.0 Å². The van der Waals surface area contributed by atoms with Crippen molar-refractivity contribution in [3.8, 4) is 16.9 Å². The van der Waals surface area contributed by atoms with Crippen LogP contribution in [0.4, 0.5) is 4.39 Å². The van der Waals surface area contributed by atoms with Gasteiger partial charge < -0.3 is 14.2 Å². The predicted octanol–water partition coefficient (Wildman–Crippen LogP) is 5.77. The number of rotatable bonds is 11. The third-order valence-electron chi connectivity index (χ3n) is 4.65. The topological polar surface area (TPSA) is 61.8 Å². The van der Waals surface area contributed by atoms with E-state index in [9.17, 15) is 14.0 Å². The van der Waals surface area contributed by atoms with Crippen molar-refractivity contribution in [2.24, 2.45) is 0 Å². The Bertz CT molecular complexity index is 1020. The van der Waals surface area contributed by atoms with E-state index >= 15 is 0 Å². The SMILES string of the molecule is C=C(C)COc1ccc(-c2ccc(C(COC(=O)C(=C)C)COC(=O)C(=C)C)cc2)c(F)c1. The molecule has 0 saturated carbocycles. The summed E-state index contributed by atoms with van der Waals surface area (Å²) < 4.78 is 30.7. The number of carbonyl (C=O) groups excluding carboxylic acids is 2. The summed E-state index contributed by atoms with van der Waals surface area (Å²) in [5.74, 6) is -1.45. The Morgan fingerprint density at radius 2 is 1.42 bits per heavy atom. The molecule has 0 bridgehead atoms. The predicted molar refractivity (Wildman–Crippen MR) is 126 cm³/mol. The van der Waals surface area contributed by atoms with Crippen molar-refractivity contribution in [2.75, 3.05) is 19.8 Å². The van der Waals surface area contributed by atoms with Gasteiger partial charge in [-0.3, -0.25) is 0 Å². The van der Waals surface area contributed by atoms with Crippen molar-refractivity contribution in [1.29, 1.82) is 0 Å². The van der Waals surface area contributed by atoms with Gasteiger partial charge in [0.2, 0.25) is 0 Å². The minimum Gasteiger partial charge on any atom is -0.489 e. The van der Waals surface area contributed by atoms with Crippen LogP contribution in [0.1, 0.15) is 32.3 Å². The highest BCUT2D eigenvalue weighted by molar-refractivity contribution is 5.87. The summed E-state index contributed by atoms with van der Waals surface area (Å²) in [5, 5.41) is 0. The van der Waals surface area contributed by atoms with Gasteiger partial charge in [0.25, 0.3) is 0 Å². The lowest BCUT2D eigenvalue weighted by atomic mass is 9.97. The summed E-state index contributed by atoms with van der Waals surface area (Å²) in [6, 6.07) is 11.8. The first-order valence-electron chi connectivity index (χ1n) is 10.4. The highest BCUT2D eigenvalue weighted by Crippen LogP contribution is 2.28. The summed E-state index contributed by atoms with van der Waals surface area (Å²) in [5.41, 5.74) is 3.24. The lowest BCUT2D eigenvalue weighted by molar-refractivity contribution is -0.142. The van der Waals surface area contributed by atoms with E-state index in [0.717, 1.165) is 11.1 Å². The first-order valence-corrected chi connectivity index (χ1v) is 10.4. The first-order chi connectivity index (χ1) is 15.6. The molecule has 6 heteroatoms. The van der Waals surface area contributed by atoms with Gasteiger partial charge in [-0.15, -0.1) is 0 Å². The van der Waals surface area contributed by atoms with E-state index in [1.54, 1.807) is 50.2 Å². The van der Waals surface area contributed by atoms with Gasteiger partial charge in [0, 0.05) is 22.8 Å². The van der Waals surface area contributed by atoms with E-state index in [1.807, 2.05) is 6.92 Å². The van der Waals surface area contributed by atoms with Crippen LogP contribution in [0.5, 0.6) is 5.75 Å². The molecule has 2 rings (SSSR count). The van der Waals surface area contributed by atoms with Crippen molar-refractivity contribution >= 4 is 11.9 Å². The molecule has 2 aromatic rings. The van der Waals surface area contributed by atoms with Crippen LogP contribution in [0.15, 0.2) is 78.9 Å². The Morgan fingerprint density at radius 3 is 1.88 bits per heavy atom. The van der Waals surface area contributed by atoms with Crippen LogP contribution in [0.25, 0.3) is 11.1 Å². The van der Waals surface area contributed by atoms with Crippen LogP contribution in [0, 0.1) is 5.82 Å². The number of hydrogen-bond acceptors (Lipinski definition) is 5. The number of halogens is 1. The van der Waals surface area contributed by atoms with Gasteiger partial charge in [0.1, 0.15) is 31.4 Å². The first kappa shape index (κ1) is 25.6. The molecule has 0 atom stereocenters. The van der Waals surface area contributed by atoms with Gasteiger partial charge >= 0.3 is 11.9 Å². The number of hydrogen-bond donors (Lipinski definition) is 0. The molecule has 0 heterocycles. The Labute approximate surface area is 194 Å². The molecule has 0 aliphatic heterocycles. The third kappa shape index (κ3) is 7.75. The van der Waals surface area contributed by atoms with Crippen LogP contribution >= 0.6 is 0 Å².